The molecule has 0 unspecified atom stereocenters. The average Bonchev–Trinajstić information content (AvgIpc) is 3.07. The van der Waals surface area contributed by atoms with Gasteiger partial charge in [0, 0.05) is 73.0 Å². The lowest BCUT2D eigenvalue weighted by Gasteiger charge is -2.16. The van der Waals surface area contributed by atoms with Gasteiger partial charge in [0.15, 0.2) is 5.78 Å². The number of hydrogen-bond donors (Lipinski definition) is 4. The van der Waals surface area contributed by atoms with E-state index in [1.54, 1.807) is 37.7 Å². The first kappa shape index (κ1) is 34.5. The fourth-order valence-electron chi connectivity index (χ4n) is 5.07. The first-order valence-electron chi connectivity index (χ1n) is 15.0. The van der Waals surface area contributed by atoms with Crippen LogP contribution in [0.2, 0.25) is 5.02 Å². The van der Waals surface area contributed by atoms with Crippen molar-refractivity contribution in [1.29, 1.82) is 0 Å². The van der Waals surface area contributed by atoms with Crippen molar-refractivity contribution < 1.29 is 29.3 Å². The number of carbonyl (C=O) groups excluding carboxylic acids is 2. The standard InChI is InChI=1S/C35H39ClN4O6/c1-22-26(10-7-12-28(22)40-35(44)30-18-32(45-2)24(20-39-30)8-4-5-14-41)27-11-6-9-23(34(27)36)16-31(43)29-17-33(46-3)25(21-38-29)19-37-13-15-42/h6-7,9-12,17-18,20-21,37,41-42H,4-5,8,13-16,19H2,1-3H3,(H,40,44). The summed E-state index contributed by atoms with van der Waals surface area (Å²) >= 11 is 6.90. The second-order valence-electron chi connectivity index (χ2n) is 10.7. The largest absolute Gasteiger partial charge is 0.496 e. The first-order valence-corrected chi connectivity index (χ1v) is 15.4. The number of halogens is 1. The van der Waals surface area contributed by atoms with E-state index < -0.39 is 0 Å². The molecule has 0 aliphatic rings. The number of aliphatic hydroxyl groups is 2. The third-order valence-electron chi connectivity index (χ3n) is 7.61. The van der Waals surface area contributed by atoms with Crippen molar-refractivity contribution in [3.05, 3.63) is 99.6 Å². The smallest absolute Gasteiger partial charge is 0.274 e. The van der Waals surface area contributed by atoms with Gasteiger partial charge in [0.05, 0.1) is 25.8 Å². The summed E-state index contributed by atoms with van der Waals surface area (Å²) in [7, 11) is 3.08. The van der Waals surface area contributed by atoms with Crippen LogP contribution in [0, 0.1) is 6.92 Å². The van der Waals surface area contributed by atoms with E-state index in [1.165, 1.54) is 7.11 Å². The Morgan fingerprint density at radius 2 is 1.52 bits per heavy atom. The highest BCUT2D eigenvalue weighted by molar-refractivity contribution is 6.34. The number of unbranched alkanes of at least 4 members (excludes halogenated alkanes) is 1. The van der Waals surface area contributed by atoms with E-state index in [1.807, 2.05) is 37.3 Å². The molecule has 0 aliphatic carbocycles. The van der Waals surface area contributed by atoms with E-state index in [9.17, 15) is 9.59 Å². The average molecular weight is 647 g/mol. The molecular formula is C35H39ClN4O6. The van der Waals surface area contributed by atoms with E-state index in [0.29, 0.717) is 53.7 Å². The van der Waals surface area contributed by atoms with Crippen molar-refractivity contribution in [2.45, 2.75) is 39.2 Å². The van der Waals surface area contributed by atoms with E-state index in [0.717, 1.165) is 34.2 Å². The molecule has 0 fully saturated rings. The second kappa shape index (κ2) is 16.8. The molecule has 4 aromatic rings. The van der Waals surface area contributed by atoms with Crippen LogP contribution in [0.3, 0.4) is 0 Å². The van der Waals surface area contributed by atoms with Gasteiger partial charge in [-0.05, 0) is 48.9 Å². The van der Waals surface area contributed by atoms with Gasteiger partial charge >= 0.3 is 0 Å². The van der Waals surface area contributed by atoms with Crippen molar-refractivity contribution >= 4 is 29.0 Å². The molecule has 242 valence electrons. The zero-order valence-electron chi connectivity index (χ0n) is 26.2. The van der Waals surface area contributed by atoms with Crippen LogP contribution in [0.25, 0.3) is 11.1 Å². The molecular weight excluding hydrogens is 608 g/mol. The lowest BCUT2D eigenvalue weighted by Crippen LogP contribution is -2.18. The minimum atomic E-state index is -0.385. The van der Waals surface area contributed by atoms with E-state index in [2.05, 4.69) is 20.6 Å². The number of aliphatic hydroxyl groups excluding tert-OH is 2. The summed E-state index contributed by atoms with van der Waals surface area (Å²) in [5, 5.41) is 24.5. The molecule has 0 saturated carbocycles. The van der Waals surface area contributed by atoms with Gasteiger partial charge in [-0.15, -0.1) is 0 Å². The summed E-state index contributed by atoms with van der Waals surface area (Å²) in [6.45, 7) is 2.90. The van der Waals surface area contributed by atoms with Crippen molar-refractivity contribution in [2.75, 3.05) is 39.3 Å². The summed E-state index contributed by atoms with van der Waals surface area (Å²) in [4.78, 5) is 35.2. The molecule has 0 aliphatic heterocycles. The van der Waals surface area contributed by atoms with Crippen LogP contribution in [0.4, 0.5) is 5.69 Å². The van der Waals surface area contributed by atoms with E-state index >= 15 is 0 Å². The number of benzene rings is 2. The summed E-state index contributed by atoms with van der Waals surface area (Å²) in [5.41, 5.74) is 5.68. The van der Waals surface area contributed by atoms with Gasteiger partial charge in [0.1, 0.15) is 22.9 Å². The highest BCUT2D eigenvalue weighted by Gasteiger charge is 2.19. The maximum atomic E-state index is 13.3. The topological polar surface area (TPSA) is 143 Å². The second-order valence-corrected chi connectivity index (χ2v) is 11.0. The Bertz CT molecular complexity index is 1560. The van der Waals surface area contributed by atoms with Crippen LogP contribution < -0.4 is 20.1 Å². The molecule has 46 heavy (non-hydrogen) atoms. The summed E-state index contributed by atoms with van der Waals surface area (Å²) in [6, 6.07) is 14.3. The van der Waals surface area contributed by atoms with Crippen LogP contribution in [0.15, 0.2) is 60.9 Å². The number of amides is 1. The zero-order chi connectivity index (χ0) is 33.1. The Hall–Kier alpha value is -4.35. The summed E-state index contributed by atoms with van der Waals surface area (Å²) in [5.74, 6) is 0.499. The number of nitrogens with zero attached hydrogens (tertiary/aromatic N) is 2. The quantitative estimate of drug-likeness (QED) is 0.0954. The Kier molecular flexibility index (Phi) is 12.6. The molecule has 11 heteroatoms. The van der Waals surface area contributed by atoms with Gasteiger partial charge in [-0.1, -0.05) is 41.9 Å². The highest BCUT2D eigenvalue weighted by Crippen LogP contribution is 2.36. The Morgan fingerprint density at radius 3 is 2.26 bits per heavy atom. The van der Waals surface area contributed by atoms with Crippen molar-refractivity contribution in [1.82, 2.24) is 15.3 Å². The van der Waals surface area contributed by atoms with Gasteiger partial charge in [-0.2, -0.15) is 0 Å². The fourth-order valence-corrected chi connectivity index (χ4v) is 5.37. The molecule has 0 bridgehead atoms. The SMILES string of the molecule is COc1cc(C(=O)Nc2cccc(-c3cccc(CC(=O)c4cc(OC)c(CNCCO)cn4)c3Cl)c2C)ncc1CCCCO. The molecule has 0 spiro atoms. The van der Waals surface area contributed by atoms with Crippen LogP contribution >= 0.6 is 11.6 Å². The van der Waals surface area contributed by atoms with Gasteiger partial charge in [0.25, 0.3) is 5.91 Å². The van der Waals surface area contributed by atoms with Crippen LogP contribution in [0.5, 0.6) is 11.5 Å². The normalized spacial score (nSPS) is 10.9. The molecule has 0 radical (unpaired) electrons. The summed E-state index contributed by atoms with van der Waals surface area (Å²) in [6.07, 6.45) is 5.41. The maximum absolute atomic E-state index is 13.3. The predicted octanol–water partition coefficient (Wildman–Crippen LogP) is 5.20. The minimum absolute atomic E-state index is 0.0138. The maximum Gasteiger partial charge on any atom is 0.274 e. The summed E-state index contributed by atoms with van der Waals surface area (Å²) < 4.78 is 11.0. The van der Waals surface area contributed by atoms with Gasteiger partial charge in [0.2, 0.25) is 0 Å². The Balaban J connectivity index is 1.53. The number of carbonyl (C=O) groups is 2. The van der Waals surface area contributed by atoms with Crippen LogP contribution in [-0.2, 0) is 19.4 Å². The van der Waals surface area contributed by atoms with Crippen LogP contribution in [0.1, 0.15) is 56.1 Å². The number of rotatable bonds is 16. The highest BCUT2D eigenvalue weighted by atomic mass is 35.5. The molecule has 1 amide bonds. The lowest BCUT2D eigenvalue weighted by molar-refractivity contribution is 0.0986. The molecule has 2 aromatic heterocycles. The number of anilines is 1. The number of aryl methyl sites for hydroxylation is 1. The number of pyridine rings is 2. The van der Waals surface area contributed by atoms with Crippen molar-refractivity contribution in [2.24, 2.45) is 0 Å². The molecule has 0 atom stereocenters. The van der Waals surface area contributed by atoms with E-state index in [-0.39, 0.29) is 42.7 Å². The molecule has 2 heterocycles. The van der Waals surface area contributed by atoms with Crippen molar-refractivity contribution in [3.8, 4) is 22.6 Å². The number of ether oxygens (including phenoxy) is 2. The minimum Gasteiger partial charge on any atom is -0.496 e. The number of nitrogens with one attached hydrogen (secondary N) is 2. The number of Topliss-reactive ketones (excluding diaryl/α,β-unsaturated/α-hetero) is 1. The zero-order valence-corrected chi connectivity index (χ0v) is 27.0. The molecule has 0 saturated heterocycles. The molecule has 2 aromatic carbocycles. The number of ketones is 1. The molecule has 4 rings (SSSR count). The van der Waals surface area contributed by atoms with Gasteiger partial charge in [-0.3, -0.25) is 19.6 Å². The fraction of sp³-hybridized carbons (Fsp3) is 0.314. The monoisotopic (exact) mass is 646 g/mol. The first-order chi connectivity index (χ1) is 22.3. The van der Waals surface area contributed by atoms with Crippen molar-refractivity contribution in [3.63, 3.8) is 0 Å². The van der Waals surface area contributed by atoms with E-state index in [4.69, 9.17) is 31.3 Å². The Morgan fingerprint density at radius 1 is 0.848 bits per heavy atom. The number of methoxy groups -OCH3 is 2. The van der Waals surface area contributed by atoms with Gasteiger partial charge < -0.3 is 30.3 Å². The molecule has 4 N–H and O–H groups in total. The Labute approximate surface area is 273 Å². The lowest BCUT2D eigenvalue weighted by atomic mass is 9.95. The van der Waals surface area contributed by atoms with Gasteiger partial charge in [-0.25, -0.2) is 0 Å². The third kappa shape index (κ3) is 8.46. The number of aromatic nitrogens is 2. The third-order valence-corrected chi connectivity index (χ3v) is 8.05. The van der Waals surface area contributed by atoms with Crippen LogP contribution in [-0.4, -0.2) is 65.8 Å². The predicted molar refractivity (Wildman–Crippen MR) is 178 cm³/mol. The number of hydrogen-bond acceptors (Lipinski definition) is 9. The molecule has 10 nitrogen and oxygen atoms in total.